The number of hydrogen-bond donors (Lipinski definition) is 0. The Kier molecular flexibility index (Phi) is 2.17. The molecule has 2 aromatic rings. The van der Waals surface area contributed by atoms with Gasteiger partial charge in [0.05, 0.1) is 7.05 Å². The number of aromatic nitrogens is 4. The van der Waals surface area contributed by atoms with E-state index in [2.05, 4.69) is 15.4 Å². The molecule has 0 fully saturated rings. The Hall–Kier alpha value is -1.49. The van der Waals surface area contributed by atoms with Crippen LogP contribution in [0.5, 0.6) is 0 Å². The SMILES string of the molecule is Cn1nnc(-c2cc(F)cc(Cl)c2)n1. The van der Waals surface area contributed by atoms with Crippen molar-refractivity contribution in [3.05, 3.63) is 29.0 Å². The van der Waals surface area contributed by atoms with Gasteiger partial charge in [-0.2, -0.15) is 4.80 Å². The summed E-state index contributed by atoms with van der Waals surface area (Å²) >= 11 is 5.68. The molecule has 72 valence electrons. The highest BCUT2D eigenvalue weighted by atomic mass is 35.5. The fraction of sp³-hybridized carbons (Fsp3) is 0.125. The molecule has 0 unspecified atom stereocenters. The van der Waals surface area contributed by atoms with E-state index in [1.807, 2.05) is 0 Å². The highest BCUT2D eigenvalue weighted by Gasteiger charge is 2.06. The predicted octanol–water partition coefficient (Wildman–Crippen LogP) is 1.67. The molecule has 0 radical (unpaired) electrons. The Labute approximate surface area is 84.3 Å². The lowest BCUT2D eigenvalue weighted by Gasteiger charge is -1.96. The van der Waals surface area contributed by atoms with Crippen LogP contribution >= 0.6 is 11.6 Å². The van der Waals surface area contributed by atoms with Gasteiger partial charge in [-0.25, -0.2) is 4.39 Å². The van der Waals surface area contributed by atoms with Gasteiger partial charge in [0.25, 0.3) is 0 Å². The summed E-state index contributed by atoms with van der Waals surface area (Å²) in [4.78, 5) is 1.30. The van der Waals surface area contributed by atoms with Gasteiger partial charge in [0, 0.05) is 10.6 Å². The minimum Gasteiger partial charge on any atom is -0.207 e. The molecular weight excluding hydrogens is 207 g/mol. The van der Waals surface area contributed by atoms with Crippen molar-refractivity contribution in [2.45, 2.75) is 0 Å². The molecule has 1 aromatic heterocycles. The van der Waals surface area contributed by atoms with E-state index in [0.717, 1.165) is 0 Å². The molecule has 1 aromatic carbocycles. The molecule has 14 heavy (non-hydrogen) atoms. The van der Waals surface area contributed by atoms with E-state index in [1.54, 1.807) is 13.1 Å². The molecule has 4 nitrogen and oxygen atoms in total. The van der Waals surface area contributed by atoms with Crippen LogP contribution in [0.15, 0.2) is 18.2 Å². The summed E-state index contributed by atoms with van der Waals surface area (Å²) in [6.07, 6.45) is 0. The van der Waals surface area contributed by atoms with Crippen LogP contribution in [-0.2, 0) is 7.05 Å². The van der Waals surface area contributed by atoms with Crippen LogP contribution in [0.25, 0.3) is 11.4 Å². The monoisotopic (exact) mass is 212 g/mol. The summed E-state index contributed by atoms with van der Waals surface area (Å²) < 4.78 is 13.0. The molecule has 0 aliphatic rings. The van der Waals surface area contributed by atoms with Crippen LogP contribution in [0.3, 0.4) is 0 Å². The highest BCUT2D eigenvalue weighted by molar-refractivity contribution is 6.30. The van der Waals surface area contributed by atoms with Crippen LogP contribution in [0.1, 0.15) is 0 Å². The Morgan fingerprint density at radius 1 is 1.36 bits per heavy atom. The molecule has 0 amide bonds. The molecule has 0 N–H and O–H groups in total. The second-order valence-electron chi connectivity index (χ2n) is 2.76. The molecule has 0 aliphatic heterocycles. The third-order valence-electron chi connectivity index (χ3n) is 1.63. The van der Waals surface area contributed by atoms with Crippen LogP contribution in [0.2, 0.25) is 5.02 Å². The van der Waals surface area contributed by atoms with Gasteiger partial charge in [0.1, 0.15) is 5.82 Å². The van der Waals surface area contributed by atoms with Crippen molar-refractivity contribution < 1.29 is 4.39 Å². The van der Waals surface area contributed by atoms with E-state index in [9.17, 15) is 4.39 Å². The Bertz CT molecular complexity index is 448. The number of aryl methyl sites for hydroxylation is 1. The zero-order valence-electron chi connectivity index (χ0n) is 7.28. The average molecular weight is 213 g/mol. The van der Waals surface area contributed by atoms with Crippen molar-refractivity contribution in [3.8, 4) is 11.4 Å². The van der Waals surface area contributed by atoms with Gasteiger partial charge in [0.15, 0.2) is 0 Å². The summed E-state index contributed by atoms with van der Waals surface area (Å²) in [5, 5.41) is 11.6. The second kappa shape index (κ2) is 3.34. The topological polar surface area (TPSA) is 43.6 Å². The molecule has 2 rings (SSSR count). The summed E-state index contributed by atoms with van der Waals surface area (Å²) in [5.74, 6) is -0.0612. The minimum absolute atomic E-state index is 0.312. The lowest BCUT2D eigenvalue weighted by molar-refractivity contribution is 0.627. The van der Waals surface area contributed by atoms with Gasteiger partial charge >= 0.3 is 0 Å². The molecule has 0 bridgehead atoms. The average Bonchev–Trinajstić information content (AvgIpc) is 2.50. The van der Waals surface area contributed by atoms with E-state index in [1.165, 1.54) is 16.9 Å². The van der Waals surface area contributed by atoms with Crippen LogP contribution in [0.4, 0.5) is 4.39 Å². The first kappa shape index (κ1) is 9.08. The highest BCUT2D eigenvalue weighted by Crippen LogP contribution is 2.20. The van der Waals surface area contributed by atoms with Gasteiger partial charge < -0.3 is 0 Å². The number of hydrogen-bond acceptors (Lipinski definition) is 3. The fourth-order valence-corrected chi connectivity index (χ4v) is 1.30. The van der Waals surface area contributed by atoms with Crippen LogP contribution in [-0.4, -0.2) is 20.2 Å². The predicted molar refractivity (Wildman–Crippen MR) is 49.2 cm³/mol. The largest absolute Gasteiger partial charge is 0.207 e. The maximum absolute atomic E-state index is 13.0. The van der Waals surface area contributed by atoms with Gasteiger partial charge in [-0.05, 0) is 23.4 Å². The van der Waals surface area contributed by atoms with E-state index < -0.39 is 5.82 Å². The molecule has 0 spiro atoms. The molecule has 1 heterocycles. The second-order valence-corrected chi connectivity index (χ2v) is 3.20. The third-order valence-corrected chi connectivity index (χ3v) is 1.85. The van der Waals surface area contributed by atoms with Crippen molar-refractivity contribution in [2.75, 3.05) is 0 Å². The Morgan fingerprint density at radius 2 is 2.14 bits per heavy atom. The molecule has 0 atom stereocenters. The maximum Gasteiger partial charge on any atom is 0.205 e. The van der Waals surface area contributed by atoms with E-state index in [0.29, 0.717) is 16.4 Å². The zero-order chi connectivity index (χ0) is 10.1. The van der Waals surface area contributed by atoms with Gasteiger partial charge in [0.2, 0.25) is 5.82 Å². The smallest absolute Gasteiger partial charge is 0.205 e. The lowest BCUT2D eigenvalue weighted by atomic mass is 10.2. The molecule has 0 saturated carbocycles. The van der Waals surface area contributed by atoms with Gasteiger partial charge in [-0.3, -0.25) is 0 Å². The van der Waals surface area contributed by atoms with Crippen LogP contribution in [0, 0.1) is 5.82 Å². The van der Waals surface area contributed by atoms with E-state index >= 15 is 0 Å². The van der Waals surface area contributed by atoms with Crippen molar-refractivity contribution in [2.24, 2.45) is 7.05 Å². The van der Waals surface area contributed by atoms with E-state index in [4.69, 9.17) is 11.6 Å². The standard InChI is InChI=1S/C8H6ClFN4/c1-14-12-8(11-13-14)5-2-6(9)4-7(10)3-5/h2-4H,1H3. The molecular formula is C8H6ClFN4. The normalized spacial score (nSPS) is 10.5. The third kappa shape index (κ3) is 1.72. The summed E-state index contributed by atoms with van der Waals surface area (Å²) in [5.41, 5.74) is 0.517. The number of tetrazole rings is 1. The quantitative estimate of drug-likeness (QED) is 0.722. The number of rotatable bonds is 1. The minimum atomic E-state index is -0.417. The lowest BCUT2D eigenvalue weighted by Crippen LogP contribution is -1.92. The fourth-order valence-electron chi connectivity index (χ4n) is 1.08. The Balaban J connectivity index is 2.51. The first-order valence-corrected chi connectivity index (χ1v) is 4.23. The number of halogens is 2. The van der Waals surface area contributed by atoms with Crippen molar-refractivity contribution in [1.82, 2.24) is 20.2 Å². The van der Waals surface area contributed by atoms with Crippen molar-refractivity contribution >= 4 is 11.6 Å². The van der Waals surface area contributed by atoms with Crippen molar-refractivity contribution in [1.29, 1.82) is 0 Å². The molecule has 0 saturated heterocycles. The summed E-state index contributed by atoms with van der Waals surface area (Å²) in [7, 11) is 1.64. The molecule has 0 aliphatic carbocycles. The van der Waals surface area contributed by atoms with Gasteiger partial charge in [-0.1, -0.05) is 11.6 Å². The molecule has 6 heteroatoms. The summed E-state index contributed by atoms with van der Waals surface area (Å²) in [6, 6.07) is 4.12. The number of benzene rings is 1. The summed E-state index contributed by atoms with van der Waals surface area (Å²) in [6.45, 7) is 0. The first-order valence-electron chi connectivity index (χ1n) is 3.85. The van der Waals surface area contributed by atoms with Crippen LogP contribution < -0.4 is 0 Å². The number of nitrogens with zero attached hydrogens (tertiary/aromatic N) is 4. The maximum atomic E-state index is 13.0. The van der Waals surface area contributed by atoms with E-state index in [-0.39, 0.29) is 0 Å². The van der Waals surface area contributed by atoms with Crippen molar-refractivity contribution in [3.63, 3.8) is 0 Å². The zero-order valence-corrected chi connectivity index (χ0v) is 8.03. The van der Waals surface area contributed by atoms with Gasteiger partial charge in [-0.15, -0.1) is 10.2 Å². The first-order chi connectivity index (χ1) is 6.65. The Morgan fingerprint density at radius 3 is 2.71 bits per heavy atom.